The van der Waals surface area contributed by atoms with E-state index < -0.39 is 0 Å². The van der Waals surface area contributed by atoms with Gasteiger partial charge in [0.2, 0.25) is 5.91 Å². The summed E-state index contributed by atoms with van der Waals surface area (Å²) in [5.74, 6) is -0.521. The number of benzene rings is 3. The summed E-state index contributed by atoms with van der Waals surface area (Å²) < 4.78 is 0. The number of anilines is 3. The number of hydrogen-bond donors (Lipinski definition) is 3. The summed E-state index contributed by atoms with van der Waals surface area (Å²) in [6.07, 6.45) is 0. The molecule has 0 unspecified atom stereocenters. The number of hydrogen-bond acceptors (Lipinski definition) is 3. The fourth-order valence-electron chi connectivity index (χ4n) is 2.70. The molecule has 0 aliphatic carbocycles. The number of aryl methyl sites for hydroxylation is 1. The zero-order valence-electron chi connectivity index (χ0n) is 15.6. The van der Waals surface area contributed by atoms with Crippen molar-refractivity contribution in [1.82, 2.24) is 0 Å². The first-order valence-corrected chi connectivity index (χ1v) is 9.64. The van der Waals surface area contributed by atoms with Gasteiger partial charge in [0.15, 0.2) is 0 Å². The predicted octanol–water partition coefficient (Wildman–Crippen LogP) is 5.60. The number of carbonyl (C=O) groups is 2. The van der Waals surface area contributed by atoms with Gasteiger partial charge in [0, 0.05) is 27.1 Å². The Labute approximate surface area is 179 Å². The first kappa shape index (κ1) is 20.7. The quantitative estimate of drug-likeness (QED) is 0.478. The topological polar surface area (TPSA) is 70.2 Å². The second-order valence-corrected chi connectivity index (χ2v) is 7.24. The van der Waals surface area contributed by atoms with Crippen LogP contribution in [0.5, 0.6) is 0 Å². The monoisotopic (exact) mass is 427 g/mol. The van der Waals surface area contributed by atoms with Gasteiger partial charge in [0.25, 0.3) is 5.91 Å². The third-order valence-electron chi connectivity index (χ3n) is 4.18. The van der Waals surface area contributed by atoms with E-state index in [9.17, 15) is 9.59 Å². The molecule has 0 saturated heterocycles. The van der Waals surface area contributed by atoms with Crippen molar-refractivity contribution in [2.75, 3.05) is 22.5 Å². The highest BCUT2D eigenvalue weighted by Crippen LogP contribution is 2.21. The Morgan fingerprint density at radius 1 is 0.828 bits per heavy atom. The average Bonchev–Trinajstić information content (AvgIpc) is 2.70. The molecule has 3 aromatic rings. The maximum Gasteiger partial charge on any atom is 0.257 e. The molecular weight excluding hydrogens is 409 g/mol. The Hall–Kier alpha value is -3.02. The third kappa shape index (κ3) is 5.73. The van der Waals surface area contributed by atoms with E-state index in [2.05, 4.69) is 16.0 Å². The van der Waals surface area contributed by atoms with Gasteiger partial charge >= 0.3 is 0 Å². The SMILES string of the molecule is Cc1cc(Cl)ccc1NC(=O)CNc1ccccc1C(=O)Nc1ccc(Cl)cc1. The van der Waals surface area contributed by atoms with Gasteiger partial charge in [-0.3, -0.25) is 9.59 Å². The van der Waals surface area contributed by atoms with Crippen LogP contribution in [0.25, 0.3) is 0 Å². The van der Waals surface area contributed by atoms with Crippen molar-refractivity contribution >= 4 is 52.1 Å². The molecule has 0 spiro atoms. The fraction of sp³-hybridized carbons (Fsp3) is 0.0909. The Balaban J connectivity index is 1.64. The van der Waals surface area contributed by atoms with Crippen LogP contribution >= 0.6 is 23.2 Å². The first-order valence-electron chi connectivity index (χ1n) is 8.88. The summed E-state index contributed by atoms with van der Waals surface area (Å²) in [4.78, 5) is 24.9. The Kier molecular flexibility index (Phi) is 6.75. The lowest BCUT2D eigenvalue weighted by atomic mass is 10.1. The molecule has 3 aromatic carbocycles. The molecule has 0 heterocycles. The van der Waals surface area contributed by atoms with Gasteiger partial charge in [-0.1, -0.05) is 35.3 Å². The van der Waals surface area contributed by atoms with Crippen molar-refractivity contribution in [3.8, 4) is 0 Å². The van der Waals surface area contributed by atoms with Crippen LogP contribution in [0.2, 0.25) is 10.0 Å². The molecule has 148 valence electrons. The number of nitrogens with one attached hydrogen (secondary N) is 3. The van der Waals surface area contributed by atoms with Gasteiger partial charge < -0.3 is 16.0 Å². The van der Waals surface area contributed by atoms with Crippen LogP contribution < -0.4 is 16.0 Å². The van der Waals surface area contributed by atoms with Crippen LogP contribution in [-0.4, -0.2) is 18.4 Å². The lowest BCUT2D eigenvalue weighted by Gasteiger charge is -2.13. The molecule has 7 heteroatoms. The molecule has 0 saturated carbocycles. The fourth-order valence-corrected chi connectivity index (χ4v) is 3.06. The summed E-state index contributed by atoms with van der Waals surface area (Å²) in [5, 5.41) is 9.86. The number of para-hydroxylation sites is 1. The van der Waals surface area contributed by atoms with E-state index in [4.69, 9.17) is 23.2 Å². The highest BCUT2D eigenvalue weighted by atomic mass is 35.5. The molecular formula is C22H19Cl2N3O2. The molecule has 0 fully saturated rings. The molecule has 0 radical (unpaired) electrons. The van der Waals surface area contributed by atoms with Crippen LogP contribution in [0, 0.1) is 6.92 Å². The molecule has 3 N–H and O–H groups in total. The van der Waals surface area contributed by atoms with E-state index in [0.717, 1.165) is 5.56 Å². The van der Waals surface area contributed by atoms with Crippen molar-refractivity contribution in [1.29, 1.82) is 0 Å². The Bertz CT molecular complexity index is 1040. The van der Waals surface area contributed by atoms with Crippen LogP contribution in [0.15, 0.2) is 66.7 Å². The second kappa shape index (κ2) is 9.45. The van der Waals surface area contributed by atoms with E-state index in [-0.39, 0.29) is 18.4 Å². The third-order valence-corrected chi connectivity index (χ3v) is 4.66. The normalized spacial score (nSPS) is 10.3. The van der Waals surface area contributed by atoms with Crippen molar-refractivity contribution in [2.45, 2.75) is 6.92 Å². The lowest BCUT2D eigenvalue weighted by Crippen LogP contribution is -2.23. The summed E-state index contributed by atoms with van der Waals surface area (Å²) in [6.45, 7) is 1.87. The van der Waals surface area contributed by atoms with E-state index >= 15 is 0 Å². The predicted molar refractivity (Wildman–Crippen MR) is 119 cm³/mol. The van der Waals surface area contributed by atoms with E-state index in [1.54, 1.807) is 66.7 Å². The molecule has 0 atom stereocenters. The van der Waals surface area contributed by atoms with Gasteiger partial charge in [-0.2, -0.15) is 0 Å². The zero-order chi connectivity index (χ0) is 20.8. The van der Waals surface area contributed by atoms with Crippen molar-refractivity contribution in [2.24, 2.45) is 0 Å². The van der Waals surface area contributed by atoms with E-state index in [1.165, 1.54) is 0 Å². The lowest BCUT2D eigenvalue weighted by molar-refractivity contribution is -0.114. The second-order valence-electron chi connectivity index (χ2n) is 6.37. The van der Waals surface area contributed by atoms with Crippen molar-refractivity contribution in [3.63, 3.8) is 0 Å². The largest absolute Gasteiger partial charge is 0.376 e. The summed E-state index contributed by atoms with van der Waals surface area (Å²) in [7, 11) is 0. The summed E-state index contributed by atoms with van der Waals surface area (Å²) in [5.41, 5.74) is 3.17. The molecule has 0 aliphatic rings. The minimum atomic E-state index is -0.288. The Morgan fingerprint density at radius 2 is 1.52 bits per heavy atom. The highest BCUT2D eigenvalue weighted by molar-refractivity contribution is 6.31. The van der Waals surface area contributed by atoms with Crippen LogP contribution in [0.1, 0.15) is 15.9 Å². The van der Waals surface area contributed by atoms with Crippen molar-refractivity contribution in [3.05, 3.63) is 87.9 Å². The summed E-state index contributed by atoms with van der Waals surface area (Å²) in [6, 6.07) is 19.1. The van der Waals surface area contributed by atoms with Crippen LogP contribution in [0.4, 0.5) is 17.1 Å². The van der Waals surface area contributed by atoms with Crippen LogP contribution in [-0.2, 0) is 4.79 Å². The molecule has 2 amide bonds. The van der Waals surface area contributed by atoms with Gasteiger partial charge in [-0.05, 0) is 67.1 Å². The molecule has 0 aliphatic heterocycles. The highest BCUT2D eigenvalue weighted by Gasteiger charge is 2.12. The molecule has 5 nitrogen and oxygen atoms in total. The minimum Gasteiger partial charge on any atom is -0.376 e. The number of halogens is 2. The molecule has 29 heavy (non-hydrogen) atoms. The smallest absolute Gasteiger partial charge is 0.257 e. The number of amides is 2. The van der Waals surface area contributed by atoms with Gasteiger partial charge in [-0.15, -0.1) is 0 Å². The van der Waals surface area contributed by atoms with Gasteiger partial charge in [0.05, 0.1) is 12.1 Å². The van der Waals surface area contributed by atoms with E-state index in [1.807, 2.05) is 6.92 Å². The maximum atomic E-state index is 12.6. The first-order chi connectivity index (χ1) is 13.9. The average molecular weight is 428 g/mol. The maximum absolute atomic E-state index is 12.6. The zero-order valence-corrected chi connectivity index (χ0v) is 17.1. The molecule has 3 rings (SSSR count). The van der Waals surface area contributed by atoms with Gasteiger partial charge in [-0.25, -0.2) is 0 Å². The standard InChI is InChI=1S/C22H19Cl2N3O2/c1-14-12-16(24)8-11-19(14)27-21(28)13-25-20-5-3-2-4-18(20)22(29)26-17-9-6-15(23)7-10-17/h2-12,25H,13H2,1H3,(H,26,29)(H,27,28). The van der Waals surface area contributed by atoms with Gasteiger partial charge in [0.1, 0.15) is 0 Å². The van der Waals surface area contributed by atoms with E-state index in [0.29, 0.717) is 32.7 Å². The van der Waals surface area contributed by atoms with Crippen LogP contribution in [0.3, 0.4) is 0 Å². The van der Waals surface area contributed by atoms with Crippen molar-refractivity contribution < 1.29 is 9.59 Å². The number of rotatable bonds is 6. The minimum absolute atomic E-state index is 0.00725. The molecule has 0 bridgehead atoms. The number of carbonyl (C=O) groups excluding carboxylic acids is 2. The molecule has 0 aromatic heterocycles. The summed E-state index contributed by atoms with van der Waals surface area (Å²) >= 11 is 11.8. The Morgan fingerprint density at radius 3 is 2.24 bits per heavy atom.